The molecule has 23 heavy (non-hydrogen) atoms. The molecule has 0 radical (unpaired) electrons. The number of hydrogen-bond acceptors (Lipinski definition) is 4. The molecule has 0 spiro atoms. The van der Waals surface area contributed by atoms with E-state index in [2.05, 4.69) is 5.32 Å². The second-order valence-corrected chi connectivity index (χ2v) is 6.61. The number of rotatable bonds is 6. The van der Waals surface area contributed by atoms with Crippen molar-refractivity contribution in [3.8, 4) is 5.75 Å². The first-order valence-electron chi connectivity index (χ1n) is 8.35. The van der Waals surface area contributed by atoms with Crippen molar-refractivity contribution in [2.75, 3.05) is 25.1 Å². The van der Waals surface area contributed by atoms with Crippen molar-refractivity contribution in [2.45, 2.75) is 39.7 Å². The van der Waals surface area contributed by atoms with Crippen LogP contribution in [-0.2, 0) is 9.53 Å². The lowest BCUT2D eigenvalue weighted by Crippen LogP contribution is -2.39. The molecule has 1 amide bonds. The van der Waals surface area contributed by atoms with Gasteiger partial charge in [0.1, 0.15) is 5.75 Å². The Balaban J connectivity index is 1.96. The highest BCUT2D eigenvalue weighted by Crippen LogP contribution is 2.25. The van der Waals surface area contributed by atoms with Crippen LogP contribution < -0.4 is 15.8 Å². The number of benzene rings is 1. The molecule has 1 fully saturated rings. The summed E-state index contributed by atoms with van der Waals surface area (Å²) >= 11 is 0. The third-order valence-corrected chi connectivity index (χ3v) is 4.29. The van der Waals surface area contributed by atoms with Gasteiger partial charge in [-0.25, -0.2) is 0 Å². The van der Waals surface area contributed by atoms with Gasteiger partial charge in [0.2, 0.25) is 5.91 Å². The third kappa shape index (κ3) is 5.22. The zero-order valence-electron chi connectivity index (χ0n) is 14.3. The molecule has 0 bridgehead atoms. The molecule has 1 aliphatic rings. The number of anilines is 1. The second kappa shape index (κ2) is 8.31. The van der Waals surface area contributed by atoms with E-state index in [0.29, 0.717) is 12.5 Å². The fraction of sp³-hybridized carbons (Fsp3) is 0.611. The van der Waals surface area contributed by atoms with Gasteiger partial charge in [-0.1, -0.05) is 19.9 Å². The number of nitrogens with two attached hydrogens (primary N) is 1. The van der Waals surface area contributed by atoms with Gasteiger partial charge in [0, 0.05) is 25.0 Å². The number of nitrogens with one attached hydrogen (secondary N) is 1. The number of hydrogen-bond donors (Lipinski definition) is 2. The molecule has 1 saturated heterocycles. The number of carbonyl (C=O) groups excluding carboxylic acids is 1. The predicted octanol–water partition coefficient (Wildman–Crippen LogP) is 2.72. The quantitative estimate of drug-likeness (QED) is 0.845. The molecule has 1 aromatic rings. The zero-order valence-corrected chi connectivity index (χ0v) is 14.3. The van der Waals surface area contributed by atoms with Crippen LogP contribution in [0.2, 0.25) is 0 Å². The van der Waals surface area contributed by atoms with Gasteiger partial charge in [-0.3, -0.25) is 4.79 Å². The summed E-state index contributed by atoms with van der Waals surface area (Å²) in [6, 6.07) is 5.19. The highest BCUT2D eigenvalue weighted by Gasteiger charge is 2.18. The van der Waals surface area contributed by atoms with Crippen LogP contribution >= 0.6 is 0 Å². The van der Waals surface area contributed by atoms with E-state index in [4.69, 9.17) is 15.2 Å². The van der Waals surface area contributed by atoms with Crippen molar-refractivity contribution < 1.29 is 14.3 Å². The zero-order chi connectivity index (χ0) is 16.8. The van der Waals surface area contributed by atoms with Gasteiger partial charge >= 0.3 is 0 Å². The lowest BCUT2D eigenvalue weighted by molar-refractivity contribution is -0.118. The molecule has 5 nitrogen and oxygen atoms in total. The molecule has 2 rings (SSSR count). The van der Waals surface area contributed by atoms with Gasteiger partial charge in [-0.2, -0.15) is 0 Å². The van der Waals surface area contributed by atoms with Crippen LogP contribution in [0.15, 0.2) is 18.2 Å². The Morgan fingerprint density at radius 3 is 2.74 bits per heavy atom. The van der Waals surface area contributed by atoms with Crippen LogP contribution in [0.25, 0.3) is 0 Å². The van der Waals surface area contributed by atoms with E-state index in [1.165, 1.54) is 0 Å². The number of amides is 1. The minimum absolute atomic E-state index is 0.102. The first kappa shape index (κ1) is 17.8. The Morgan fingerprint density at radius 1 is 1.39 bits per heavy atom. The minimum atomic E-state index is -0.511. The molecular weight excluding hydrogens is 292 g/mol. The monoisotopic (exact) mass is 320 g/mol. The summed E-state index contributed by atoms with van der Waals surface area (Å²) in [5.74, 6) is 1.28. The van der Waals surface area contributed by atoms with Gasteiger partial charge in [0.15, 0.2) is 0 Å². The summed E-state index contributed by atoms with van der Waals surface area (Å²) in [4.78, 5) is 12.1. The van der Waals surface area contributed by atoms with Gasteiger partial charge in [-0.05, 0) is 43.2 Å². The fourth-order valence-corrected chi connectivity index (χ4v) is 2.48. The Hall–Kier alpha value is -1.59. The van der Waals surface area contributed by atoms with Gasteiger partial charge in [0.25, 0.3) is 0 Å². The predicted molar refractivity (Wildman–Crippen MR) is 91.7 cm³/mol. The lowest BCUT2D eigenvalue weighted by atomic mass is 10.0. The molecule has 0 unspecified atom stereocenters. The lowest BCUT2D eigenvalue weighted by Gasteiger charge is -2.23. The van der Waals surface area contributed by atoms with Crippen LogP contribution in [0.1, 0.15) is 32.3 Å². The van der Waals surface area contributed by atoms with Crippen LogP contribution in [0.4, 0.5) is 5.69 Å². The average Bonchev–Trinajstić information content (AvgIpc) is 2.55. The Labute approximate surface area is 138 Å². The summed E-state index contributed by atoms with van der Waals surface area (Å²) in [5.41, 5.74) is 7.66. The topological polar surface area (TPSA) is 73.6 Å². The van der Waals surface area contributed by atoms with E-state index < -0.39 is 6.04 Å². The fourth-order valence-electron chi connectivity index (χ4n) is 2.48. The smallest absolute Gasteiger partial charge is 0.241 e. The Kier molecular flexibility index (Phi) is 6.42. The van der Waals surface area contributed by atoms with Gasteiger partial charge in [-0.15, -0.1) is 0 Å². The molecule has 1 aromatic carbocycles. The maximum absolute atomic E-state index is 12.1. The number of carbonyl (C=O) groups is 1. The van der Waals surface area contributed by atoms with Crippen molar-refractivity contribution in [1.29, 1.82) is 0 Å². The first-order valence-corrected chi connectivity index (χ1v) is 8.35. The van der Waals surface area contributed by atoms with Crippen molar-refractivity contribution in [2.24, 2.45) is 17.6 Å². The highest BCUT2D eigenvalue weighted by molar-refractivity contribution is 5.95. The molecule has 0 saturated carbocycles. The average molecular weight is 320 g/mol. The van der Waals surface area contributed by atoms with E-state index in [1.54, 1.807) is 0 Å². The highest BCUT2D eigenvalue weighted by atomic mass is 16.5. The van der Waals surface area contributed by atoms with E-state index in [0.717, 1.165) is 43.1 Å². The van der Waals surface area contributed by atoms with Crippen molar-refractivity contribution >= 4 is 11.6 Å². The van der Waals surface area contributed by atoms with Crippen molar-refractivity contribution in [3.05, 3.63) is 23.8 Å². The van der Waals surface area contributed by atoms with E-state index in [-0.39, 0.29) is 11.8 Å². The minimum Gasteiger partial charge on any atom is -0.493 e. The molecule has 1 atom stereocenters. The molecule has 0 aromatic heterocycles. The Morgan fingerprint density at radius 2 is 2.09 bits per heavy atom. The summed E-state index contributed by atoms with van der Waals surface area (Å²) in [5, 5.41) is 2.86. The molecule has 128 valence electrons. The van der Waals surface area contributed by atoms with Gasteiger partial charge < -0.3 is 20.5 Å². The Bertz CT molecular complexity index is 525. The normalized spacial score (nSPS) is 17.1. The summed E-state index contributed by atoms with van der Waals surface area (Å²) in [6.45, 7) is 8.19. The van der Waals surface area contributed by atoms with Crippen LogP contribution in [-0.4, -0.2) is 31.8 Å². The molecular formula is C18H28N2O3. The van der Waals surface area contributed by atoms with Crippen molar-refractivity contribution in [1.82, 2.24) is 0 Å². The van der Waals surface area contributed by atoms with E-state index in [1.807, 2.05) is 39.0 Å². The SMILES string of the molecule is Cc1ccc(NC(=O)[C@@H](N)C(C)C)cc1OCC1CCOCC1. The van der Waals surface area contributed by atoms with E-state index >= 15 is 0 Å². The standard InChI is InChI=1S/C18H28N2O3/c1-12(2)17(19)18(21)20-15-5-4-13(3)16(10-15)23-11-14-6-8-22-9-7-14/h4-5,10,12,14,17H,6-9,11,19H2,1-3H3,(H,20,21)/t17-/m0/s1. The first-order chi connectivity index (χ1) is 11.0. The number of ether oxygens (including phenoxy) is 2. The maximum atomic E-state index is 12.1. The molecule has 3 N–H and O–H groups in total. The molecule has 0 aliphatic carbocycles. The second-order valence-electron chi connectivity index (χ2n) is 6.61. The molecule has 5 heteroatoms. The molecule has 1 aliphatic heterocycles. The molecule has 1 heterocycles. The number of aryl methyl sites for hydroxylation is 1. The summed E-state index contributed by atoms with van der Waals surface area (Å²) < 4.78 is 11.3. The maximum Gasteiger partial charge on any atom is 0.241 e. The summed E-state index contributed by atoms with van der Waals surface area (Å²) in [6.07, 6.45) is 2.08. The summed E-state index contributed by atoms with van der Waals surface area (Å²) in [7, 11) is 0. The van der Waals surface area contributed by atoms with Crippen molar-refractivity contribution in [3.63, 3.8) is 0 Å². The van der Waals surface area contributed by atoms with Crippen LogP contribution in [0.3, 0.4) is 0 Å². The van der Waals surface area contributed by atoms with Crippen LogP contribution in [0.5, 0.6) is 5.75 Å². The third-order valence-electron chi connectivity index (χ3n) is 4.29. The largest absolute Gasteiger partial charge is 0.493 e. The van der Waals surface area contributed by atoms with Crippen LogP contribution in [0, 0.1) is 18.8 Å². The van der Waals surface area contributed by atoms with Gasteiger partial charge in [0.05, 0.1) is 12.6 Å². The van der Waals surface area contributed by atoms with E-state index in [9.17, 15) is 4.79 Å².